The number of hydrogen-bond acceptors (Lipinski definition) is 4. The lowest BCUT2D eigenvalue weighted by Gasteiger charge is -2.45. The van der Waals surface area contributed by atoms with E-state index in [0.717, 1.165) is 19.5 Å². The predicted molar refractivity (Wildman–Crippen MR) is 91.3 cm³/mol. The third kappa shape index (κ3) is 5.07. The van der Waals surface area contributed by atoms with Gasteiger partial charge in [0.15, 0.2) is 0 Å². The molecule has 0 radical (unpaired) electrons. The highest BCUT2D eigenvalue weighted by molar-refractivity contribution is 7.09. The Kier molecular flexibility index (Phi) is 6.01. The summed E-state index contributed by atoms with van der Waals surface area (Å²) in [4.78, 5) is 15.7. The van der Waals surface area contributed by atoms with Gasteiger partial charge in [-0.25, -0.2) is 0 Å². The number of carbonyl (C=O) groups is 1. The van der Waals surface area contributed by atoms with E-state index in [4.69, 9.17) is 4.74 Å². The fourth-order valence-electron chi connectivity index (χ4n) is 2.88. The first-order valence-corrected chi connectivity index (χ1v) is 8.94. The number of nitrogens with one attached hydrogen (secondary N) is 1. The van der Waals surface area contributed by atoms with Crippen LogP contribution >= 0.6 is 11.3 Å². The normalized spacial score (nSPS) is 23.5. The molecule has 2 unspecified atom stereocenters. The highest BCUT2D eigenvalue weighted by Crippen LogP contribution is 2.20. The average Bonchev–Trinajstić information content (AvgIpc) is 2.95. The number of rotatable bonds is 6. The van der Waals surface area contributed by atoms with Crippen molar-refractivity contribution in [1.29, 1.82) is 0 Å². The molecular weight excluding hydrogens is 296 g/mol. The molecule has 1 N–H and O–H groups in total. The molecule has 0 spiro atoms. The number of carbonyl (C=O) groups excluding carboxylic acids is 1. The zero-order valence-electron chi connectivity index (χ0n) is 14.1. The molecule has 1 fully saturated rings. The molecule has 4 nitrogen and oxygen atoms in total. The lowest BCUT2D eigenvalue weighted by Crippen LogP contribution is -2.58. The maximum absolute atomic E-state index is 12.0. The fourth-order valence-corrected chi connectivity index (χ4v) is 3.59. The Bertz CT molecular complexity index is 463. The number of aryl methyl sites for hydroxylation is 1. The third-order valence-corrected chi connectivity index (χ3v) is 5.11. The van der Waals surface area contributed by atoms with Crippen LogP contribution in [-0.2, 0) is 16.0 Å². The molecule has 0 aromatic carbocycles. The number of nitrogens with zero attached hydrogens (tertiary/aromatic N) is 1. The first kappa shape index (κ1) is 17.4. The molecule has 124 valence electrons. The van der Waals surface area contributed by atoms with Crippen molar-refractivity contribution >= 4 is 17.2 Å². The van der Waals surface area contributed by atoms with Crippen molar-refractivity contribution < 1.29 is 9.53 Å². The molecule has 1 aromatic rings. The number of morpholine rings is 1. The molecule has 0 saturated carbocycles. The van der Waals surface area contributed by atoms with Crippen LogP contribution in [0.15, 0.2) is 17.5 Å². The van der Waals surface area contributed by atoms with Crippen molar-refractivity contribution in [3.05, 3.63) is 22.4 Å². The van der Waals surface area contributed by atoms with Gasteiger partial charge in [-0.3, -0.25) is 9.69 Å². The molecule has 22 heavy (non-hydrogen) atoms. The minimum atomic E-state index is -0.0507. The number of thiophene rings is 1. The number of amides is 1. The molecule has 1 aromatic heterocycles. The molecule has 1 amide bonds. The summed E-state index contributed by atoms with van der Waals surface area (Å²) in [6.07, 6.45) is 1.89. The van der Waals surface area contributed by atoms with Gasteiger partial charge in [0.25, 0.3) is 0 Å². The predicted octanol–water partition coefficient (Wildman–Crippen LogP) is 2.68. The Labute approximate surface area is 137 Å². The van der Waals surface area contributed by atoms with E-state index in [1.165, 1.54) is 4.88 Å². The summed E-state index contributed by atoms with van der Waals surface area (Å²) >= 11 is 1.71. The summed E-state index contributed by atoms with van der Waals surface area (Å²) in [6, 6.07) is 4.11. The highest BCUT2D eigenvalue weighted by Gasteiger charge is 2.33. The van der Waals surface area contributed by atoms with Crippen LogP contribution in [0.2, 0.25) is 0 Å². The minimum Gasteiger partial charge on any atom is -0.373 e. The lowest BCUT2D eigenvalue weighted by atomic mass is 10.00. The summed E-state index contributed by atoms with van der Waals surface area (Å²) in [5, 5.41) is 5.15. The standard InChI is InChI=1S/C17H28N2O2S/c1-13-10-19(11-14(2)21-13)17(3,4)12-18-16(20)8-7-15-6-5-9-22-15/h5-6,9,13-14H,7-8,10-12H2,1-4H3,(H,18,20). The maximum atomic E-state index is 12.0. The van der Waals surface area contributed by atoms with E-state index in [1.807, 2.05) is 6.07 Å². The summed E-state index contributed by atoms with van der Waals surface area (Å²) < 4.78 is 5.79. The highest BCUT2D eigenvalue weighted by atomic mass is 32.1. The fraction of sp³-hybridized carbons (Fsp3) is 0.706. The zero-order chi connectivity index (χ0) is 16.2. The third-order valence-electron chi connectivity index (χ3n) is 4.17. The van der Waals surface area contributed by atoms with E-state index in [-0.39, 0.29) is 23.7 Å². The van der Waals surface area contributed by atoms with Gasteiger partial charge in [0.2, 0.25) is 5.91 Å². The van der Waals surface area contributed by atoms with Gasteiger partial charge in [-0.15, -0.1) is 11.3 Å². The van der Waals surface area contributed by atoms with Crippen LogP contribution in [0.25, 0.3) is 0 Å². The monoisotopic (exact) mass is 324 g/mol. The second-order valence-corrected chi connectivity index (χ2v) is 7.86. The summed E-state index contributed by atoms with van der Waals surface area (Å²) in [6.45, 7) is 11.1. The average molecular weight is 324 g/mol. The zero-order valence-corrected chi connectivity index (χ0v) is 14.9. The van der Waals surface area contributed by atoms with Crippen LogP contribution in [0.3, 0.4) is 0 Å². The summed E-state index contributed by atoms with van der Waals surface area (Å²) in [7, 11) is 0. The van der Waals surface area contributed by atoms with Gasteiger partial charge in [0, 0.05) is 36.5 Å². The second kappa shape index (κ2) is 7.57. The largest absolute Gasteiger partial charge is 0.373 e. The van der Waals surface area contributed by atoms with Crippen molar-refractivity contribution in [2.75, 3.05) is 19.6 Å². The van der Waals surface area contributed by atoms with E-state index >= 15 is 0 Å². The van der Waals surface area contributed by atoms with Crippen LogP contribution in [0.4, 0.5) is 0 Å². The van der Waals surface area contributed by atoms with Crippen LogP contribution in [0, 0.1) is 0 Å². The molecule has 0 bridgehead atoms. The Morgan fingerprint density at radius 1 is 1.41 bits per heavy atom. The van der Waals surface area contributed by atoms with E-state index in [0.29, 0.717) is 13.0 Å². The SMILES string of the molecule is CC1CN(C(C)(C)CNC(=O)CCc2cccs2)CC(C)O1. The molecule has 1 aliphatic rings. The van der Waals surface area contributed by atoms with Crippen molar-refractivity contribution in [3.8, 4) is 0 Å². The Hall–Kier alpha value is -0.910. The van der Waals surface area contributed by atoms with Crippen LogP contribution < -0.4 is 5.32 Å². The van der Waals surface area contributed by atoms with Gasteiger partial charge in [0.1, 0.15) is 0 Å². The summed E-state index contributed by atoms with van der Waals surface area (Å²) in [5.41, 5.74) is -0.0507. The van der Waals surface area contributed by atoms with Gasteiger partial charge >= 0.3 is 0 Å². The van der Waals surface area contributed by atoms with Gasteiger partial charge in [-0.05, 0) is 45.6 Å². The second-order valence-electron chi connectivity index (χ2n) is 6.83. The van der Waals surface area contributed by atoms with E-state index in [1.54, 1.807) is 11.3 Å². The van der Waals surface area contributed by atoms with E-state index < -0.39 is 0 Å². The molecule has 1 saturated heterocycles. The van der Waals surface area contributed by atoms with Crippen molar-refractivity contribution in [1.82, 2.24) is 10.2 Å². The van der Waals surface area contributed by atoms with E-state index in [2.05, 4.69) is 49.4 Å². The van der Waals surface area contributed by atoms with Gasteiger partial charge < -0.3 is 10.1 Å². The molecule has 2 rings (SSSR count). The van der Waals surface area contributed by atoms with Gasteiger partial charge in [-0.2, -0.15) is 0 Å². The van der Waals surface area contributed by atoms with Crippen molar-refractivity contribution in [2.24, 2.45) is 0 Å². The molecule has 2 atom stereocenters. The minimum absolute atomic E-state index is 0.0507. The number of hydrogen-bond donors (Lipinski definition) is 1. The first-order chi connectivity index (χ1) is 10.4. The lowest BCUT2D eigenvalue weighted by molar-refractivity contribution is -0.122. The number of ether oxygens (including phenoxy) is 1. The van der Waals surface area contributed by atoms with Crippen LogP contribution in [0.1, 0.15) is 39.0 Å². The Morgan fingerprint density at radius 2 is 2.09 bits per heavy atom. The summed E-state index contributed by atoms with van der Waals surface area (Å²) in [5.74, 6) is 0.135. The van der Waals surface area contributed by atoms with Crippen molar-refractivity contribution in [2.45, 2.75) is 58.3 Å². The van der Waals surface area contributed by atoms with Crippen LogP contribution in [-0.4, -0.2) is 48.2 Å². The molecular formula is C17H28N2O2S. The topological polar surface area (TPSA) is 41.6 Å². The molecule has 5 heteroatoms. The first-order valence-electron chi connectivity index (χ1n) is 8.06. The van der Waals surface area contributed by atoms with Gasteiger partial charge in [-0.1, -0.05) is 6.07 Å². The van der Waals surface area contributed by atoms with Gasteiger partial charge in [0.05, 0.1) is 12.2 Å². The molecule has 1 aliphatic heterocycles. The Morgan fingerprint density at radius 3 is 2.68 bits per heavy atom. The van der Waals surface area contributed by atoms with E-state index in [9.17, 15) is 4.79 Å². The smallest absolute Gasteiger partial charge is 0.220 e. The Balaban J connectivity index is 1.77. The quantitative estimate of drug-likeness (QED) is 0.875. The van der Waals surface area contributed by atoms with Crippen molar-refractivity contribution in [3.63, 3.8) is 0 Å². The van der Waals surface area contributed by atoms with Crippen LogP contribution in [0.5, 0.6) is 0 Å². The molecule has 2 heterocycles. The molecule has 0 aliphatic carbocycles. The maximum Gasteiger partial charge on any atom is 0.220 e.